The third-order valence-corrected chi connectivity index (χ3v) is 7.38. The molecule has 0 saturated carbocycles. The minimum Gasteiger partial charge on any atom is -0.494 e. The molecule has 1 atom stereocenters. The number of carbonyl (C=O) groups is 2. The zero-order valence-corrected chi connectivity index (χ0v) is 22.8. The Morgan fingerprint density at radius 1 is 1.11 bits per heavy atom. The number of hydrogen-bond donors (Lipinski definition) is 1. The van der Waals surface area contributed by atoms with Crippen molar-refractivity contribution in [2.24, 2.45) is 0 Å². The number of thioether (sulfide) groups is 1. The quantitative estimate of drug-likeness (QED) is 0.225. The molecule has 36 heavy (non-hydrogen) atoms. The van der Waals surface area contributed by atoms with Gasteiger partial charge in [0.1, 0.15) is 12.3 Å². The Hall–Kier alpha value is -3.03. The molecule has 0 fully saturated rings. The monoisotopic (exact) mass is 564 g/mol. The molecule has 1 aliphatic rings. The fraction of sp³-hybridized carbons (Fsp3) is 0.241. The first-order valence-electron chi connectivity index (χ1n) is 12.0. The van der Waals surface area contributed by atoms with E-state index in [4.69, 9.17) is 4.74 Å². The predicted molar refractivity (Wildman–Crippen MR) is 150 cm³/mol. The molecule has 1 unspecified atom stereocenters. The lowest BCUT2D eigenvalue weighted by Gasteiger charge is -2.30. The van der Waals surface area contributed by atoms with Gasteiger partial charge in [0, 0.05) is 9.37 Å². The van der Waals surface area contributed by atoms with Crippen LogP contribution in [0.2, 0.25) is 0 Å². The van der Waals surface area contributed by atoms with Crippen molar-refractivity contribution < 1.29 is 14.3 Å². The van der Waals surface area contributed by atoms with Crippen molar-refractivity contribution >= 4 is 51.3 Å². The largest absolute Gasteiger partial charge is 0.494 e. The Bertz CT molecular complexity index is 1260. The number of ether oxygens (including phenoxy) is 1. The number of carbonyl (C=O) groups excluding carboxylic acids is 2. The Balaban J connectivity index is 1.47. The van der Waals surface area contributed by atoms with Crippen LogP contribution < -0.4 is 15.0 Å². The number of nitrogens with one attached hydrogen (secondary N) is 1. The van der Waals surface area contributed by atoms with E-state index < -0.39 is 0 Å². The van der Waals surface area contributed by atoms with Gasteiger partial charge in [-0.15, -0.1) is 0 Å². The number of anilines is 1. The maximum absolute atomic E-state index is 13.4. The van der Waals surface area contributed by atoms with Crippen molar-refractivity contribution in [3.63, 3.8) is 0 Å². The molecule has 0 aromatic heterocycles. The van der Waals surface area contributed by atoms with Gasteiger partial charge in [0.25, 0.3) is 5.91 Å². The molecule has 186 valence electrons. The molecule has 2 amide bonds. The van der Waals surface area contributed by atoms with Crippen LogP contribution in [0, 0.1) is 0 Å². The Morgan fingerprint density at radius 2 is 1.89 bits per heavy atom. The molecule has 4 rings (SSSR count). The van der Waals surface area contributed by atoms with Crippen LogP contribution in [0.25, 0.3) is 6.08 Å². The number of rotatable bonds is 9. The summed E-state index contributed by atoms with van der Waals surface area (Å²) in [7, 11) is 0. The highest BCUT2D eigenvalue weighted by molar-refractivity contribution is 9.10. The lowest BCUT2D eigenvalue weighted by Crippen LogP contribution is -2.43. The zero-order valence-electron chi connectivity index (χ0n) is 20.4. The molecule has 3 aromatic carbocycles. The van der Waals surface area contributed by atoms with Crippen molar-refractivity contribution in [3.05, 3.63) is 93.3 Å². The number of unbranched alkanes of at least 4 members (excludes halogenated alkanes) is 1. The van der Waals surface area contributed by atoms with Crippen molar-refractivity contribution in [1.82, 2.24) is 5.32 Å². The van der Waals surface area contributed by atoms with Crippen molar-refractivity contribution in [2.45, 2.75) is 37.6 Å². The number of amides is 2. The van der Waals surface area contributed by atoms with Crippen LogP contribution in [0.5, 0.6) is 5.75 Å². The molecular formula is C29H29BrN2O3S. The fourth-order valence-electron chi connectivity index (χ4n) is 3.87. The van der Waals surface area contributed by atoms with E-state index in [9.17, 15) is 9.59 Å². The van der Waals surface area contributed by atoms with Crippen molar-refractivity contribution in [2.75, 3.05) is 18.1 Å². The van der Waals surface area contributed by atoms with E-state index in [1.807, 2.05) is 85.8 Å². The van der Waals surface area contributed by atoms with Gasteiger partial charge in [-0.2, -0.15) is 0 Å². The SMILES string of the molecule is CCCCOc1ccc(C(C)NC(=O)CN2C(=O)C(=Cc3cccc(Br)c3)Sc3ccccc32)cc1. The Morgan fingerprint density at radius 3 is 2.64 bits per heavy atom. The summed E-state index contributed by atoms with van der Waals surface area (Å²) in [5.41, 5.74) is 2.64. The number of benzene rings is 3. The lowest BCUT2D eigenvalue weighted by molar-refractivity contribution is -0.122. The molecule has 1 heterocycles. The van der Waals surface area contributed by atoms with Crippen LogP contribution in [0.1, 0.15) is 43.9 Å². The van der Waals surface area contributed by atoms with Crippen LogP contribution in [-0.4, -0.2) is 25.0 Å². The number of nitrogens with zero attached hydrogens (tertiary/aromatic N) is 1. The average molecular weight is 566 g/mol. The molecule has 1 N–H and O–H groups in total. The lowest BCUT2D eigenvalue weighted by atomic mass is 10.1. The molecule has 0 bridgehead atoms. The fourth-order valence-corrected chi connectivity index (χ4v) is 5.34. The number of hydrogen-bond acceptors (Lipinski definition) is 4. The molecule has 0 saturated heterocycles. The van der Waals surface area contributed by atoms with Crippen LogP contribution in [0.15, 0.2) is 87.1 Å². The number of fused-ring (bicyclic) bond motifs is 1. The van der Waals surface area contributed by atoms with Gasteiger partial charge >= 0.3 is 0 Å². The minimum absolute atomic E-state index is 0.0607. The third kappa shape index (κ3) is 6.59. The summed E-state index contributed by atoms with van der Waals surface area (Å²) in [6.07, 6.45) is 3.97. The van der Waals surface area contributed by atoms with Crippen LogP contribution in [-0.2, 0) is 9.59 Å². The van der Waals surface area contributed by atoms with E-state index in [-0.39, 0.29) is 24.4 Å². The highest BCUT2D eigenvalue weighted by Gasteiger charge is 2.30. The predicted octanol–water partition coefficient (Wildman–Crippen LogP) is 6.99. The van der Waals surface area contributed by atoms with E-state index in [1.54, 1.807) is 4.90 Å². The van der Waals surface area contributed by atoms with E-state index in [0.29, 0.717) is 11.5 Å². The highest BCUT2D eigenvalue weighted by Crippen LogP contribution is 2.42. The van der Waals surface area contributed by atoms with E-state index >= 15 is 0 Å². The van der Waals surface area contributed by atoms with Crippen LogP contribution in [0.4, 0.5) is 5.69 Å². The van der Waals surface area contributed by atoms with E-state index in [2.05, 4.69) is 28.2 Å². The van der Waals surface area contributed by atoms with Gasteiger partial charge in [-0.1, -0.05) is 77.4 Å². The molecule has 7 heteroatoms. The second kappa shape index (κ2) is 12.3. The summed E-state index contributed by atoms with van der Waals surface area (Å²) in [6.45, 7) is 4.70. The van der Waals surface area contributed by atoms with Crippen LogP contribution >= 0.6 is 27.7 Å². The maximum atomic E-state index is 13.4. The first kappa shape index (κ1) is 26.0. The third-order valence-electron chi connectivity index (χ3n) is 5.80. The van der Waals surface area contributed by atoms with Crippen molar-refractivity contribution in [3.8, 4) is 5.75 Å². The summed E-state index contributed by atoms with van der Waals surface area (Å²) in [5, 5.41) is 3.03. The maximum Gasteiger partial charge on any atom is 0.265 e. The number of halogens is 1. The molecule has 3 aromatic rings. The van der Waals surface area contributed by atoms with E-state index in [0.717, 1.165) is 44.8 Å². The van der Waals surface area contributed by atoms with Gasteiger partial charge in [0.2, 0.25) is 5.91 Å². The highest BCUT2D eigenvalue weighted by atomic mass is 79.9. The van der Waals surface area contributed by atoms with Gasteiger partial charge < -0.3 is 10.1 Å². The zero-order chi connectivity index (χ0) is 25.5. The summed E-state index contributed by atoms with van der Waals surface area (Å²) in [5.74, 6) is 0.418. The average Bonchev–Trinajstić information content (AvgIpc) is 2.87. The molecular weight excluding hydrogens is 536 g/mol. The second-order valence-corrected chi connectivity index (χ2v) is 10.6. The summed E-state index contributed by atoms with van der Waals surface area (Å²) >= 11 is 4.91. The molecule has 0 aliphatic carbocycles. The van der Waals surface area contributed by atoms with Gasteiger partial charge in [-0.3, -0.25) is 14.5 Å². The van der Waals surface area contributed by atoms with Gasteiger partial charge in [-0.05, 0) is 66.9 Å². The smallest absolute Gasteiger partial charge is 0.265 e. The first-order chi connectivity index (χ1) is 17.4. The van der Waals surface area contributed by atoms with E-state index in [1.165, 1.54) is 11.8 Å². The molecule has 0 spiro atoms. The standard InChI is InChI=1S/C29H29BrN2O3S/c1-3-4-16-35-24-14-12-22(13-15-24)20(2)31-28(33)19-32-25-10-5-6-11-26(25)36-27(29(32)34)18-21-8-7-9-23(30)17-21/h5-15,17-18,20H,3-4,16,19H2,1-2H3,(H,31,33). The summed E-state index contributed by atoms with van der Waals surface area (Å²) < 4.78 is 6.67. The Kier molecular flexibility index (Phi) is 8.88. The topological polar surface area (TPSA) is 58.6 Å². The summed E-state index contributed by atoms with van der Waals surface area (Å²) in [6, 6.07) is 23.0. The van der Waals surface area contributed by atoms with Gasteiger partial charge in [-0.25, -0.2) is 0 Å². The van der Waals surface area contributed by atoms with Crippen molar-refractivity contribution in [1.29, 1.82) is 0 Å². The minimum atomic E-state index is -0.220. The number of para-hydroxylation sites is 1. The van der Waals surface area contributed by atoms with Crippen LogP contribution in [0.3, 0.4) is 0 Å². The van der Waals surface area contributed by atoms with Gasteiger partial charge in [0.05, 0.1) is 23.2 Å². The second-order valence-electron chi connectivity index (χ2n) is 8.58. The normalized spacial score (nSPS) is 14.9. The van der Waals surface area contributed by atoms with Gasteiger partial charge in [0.15, 0.2) is 0 Å². The first-order valence-corrected chi connectivity index (χ1v) is 13.6. The molecule has 5 nitrogen and oxygen atoms in total. The Labute approximate surface area is 225 Å². The molecule has 0 radical (unpaired) electrons. The molecule has 1 aliphatic heterocycles. The summed E-state index contributed by atoms with van der Waals surface area (Å²) in [4.78, 5) is 29.6.